The van der Waals surface area contributed by atoms with Gasteiger partial charge in [-0.3, -0.25) is 0 Å². The molecule has 0 amide bonds. The summed E-state index contributed by atoms with van der Waals surface area (Å²) >= 11 is 0. The van der Waals surface area contributed by atoms with E-state index in [1.165, 1.54) is 43.4 Å². The largest absolute Gasteiger partial charge is 0.475 e. The van der Waals surface area contributed by atoms with Crippen LogP contribution in [0.1, 0.15) is 56.2 Å². The fourth-order valence-corrected chi connectivity index (χ4v) is 3.23. The Morgan fingerprint density at radius 2 is 1.84 bits per heavy atom. The van der Waals surface area contributed by atoms with Gasteiger partial charge < -0.3 is 10.5 Å². The summed E-state index contributed by atoms with van der Waals surface area (Å²) in [5.41, 5.74) is 8.61. The number of nitrogens with two attached hydrogens (primary N) is 1. The topological polar surface area (TPSA) is 61.0 Å². The lowest BCUT2D eigenvalue weighted by Crippen LogP contribution is -2.42. The van der Waals surface area contributed by atoms with Crippen LogP contribution in [0.25, 0.3) is 0 Å². The molecule has 1 saturated carbocycles. The molecule has 0 bridgehead atoms. The molecule has 0 aromatic carbocycles. The van der Waals surface area contributed by atoms with E-state index in [1.807, 2.05) is 0 Å². The first-order valence-electron chi connectivity index (χ1n) is 7.51. The molecule has 2 aliphatic rings. The Morgan fingerprint density at radius 3 is 2.68 bits per heavy atom. The Balaban J connectivity index is 1.73. The molecule has 3 rings (SSSR count). The molecule has 1 aromatic rings. The van der Waals surface area contributed by atoms with E-state index >= 15 is 0 Å². The molecule has 19 heavy (non-hydrogen) atoms. The quantitative estimate of drug-likeness (QED) is 0.849. The Labute approximate surface area is 114 Å². The van der Waals surface area contributed by atoms with E-state index in [0.717, 1.165) is 31.6 Å². The molecule has 1 heterocycles. The highest BCUT2D eigenvalue weighted by Crippen LogP contribution is 2.30. The van der Waals surface area contributed by atoms with Gasteiger partial charge in [-0.25, -0.2) is 9.97 Å². The number of nitrogens with zero attached hydrogens (tertiary/aromatic N) is 2. The Morgan fingerprint density at radius 1 is 1.05 bits per heavy atom. The molecule has 104 valence electrons. The minimum Gasteiger partial charge on any atom is -0.475 e. The van der Waals surface area contributed by atoms with E-state index < -0.39 is 0 Å². The Kier molecular flexibility index (Phi) is 3.69. The average Bonchev–Trinajstić information content (AvgIpc) is 2.71. The fourth-order valence-electron chi connectivity index (χ4n) is 3.23. The van der Waals surface area contributed by atoms with Crippen molar-refractivity contribution < 1.29 is 4.74 Å². The number of rotatable bonds is 3. The summed E-state index contributed by atoms with van der Waals surface area (Å²) in [4.78, 5) is 8.75. The van der Waals surface area contributed by atoms with Crippen molar-refractivity contribution >= 4 is 0 Å². The fraction of sp³-hybridized carbons (Fsp3) is 0.733. The lowest BCUT2D eigenvalue weighted by atomic mass is 10.0. The smallest absolute Gasteiger partial charge is 0.219 e. The van der Waals surface area contributed by atoms with Crippen LogP contribution < -0.4 is 10.5 Å². The van der Waals surface area contributed by atoms with Crippen LogP contribution in [-0.2, 0) is 12.8 Å². The summed E-state index contributed by atoms with van der Waals surface area (Å²) in [6.07, 6.45) is 12.0. The maximum absolute atomic E-state index is 6.35. The monoisotopic (exact) mass is 261 g/mol. The van der Waals surface area contributed by atoms with Crippen LogP contribution in [0.3, 0.4) is 0 Å². The van der Waals surface area contributed by atoms with Gasteiger partial charge in [0.1, 0.15) is 12.9 Å². The van der Waals surface area contributed by atoms with Gasteiger partial charge >= 0.3 is 0 Å². The van der Waals surface area contributed by atoms with Crippen molar-refractivity contribution in [1.82, 2.24) is 9.97 Å². The number of ether oxygens (including phenoxy) is 1. The summed E-state index contributed by atoms with van der Waals surface area (Å²) in [6, 6.07) is 0. The second-order valence-electron chi connectivity index (χ2n) is 6.02. The first-order chi connectivity index (χ1) is 9.27. The molecule has 0 aliphatic heterocycles. The van der Waals surface area contributed by atoms with Gasteiger partial charge in [-0.2, -0.15) is 0 Å². The molecule has 2 aliphatic carbocycles. The van der Waals surface area contributed by atoms with E-state index in [0.29, 0.717) is 6.61 Å². The van der Waals surface area contributed by atoms with E-state index in [4.69, 9.17) is 10.5 Å². The Hall–Kier alpha value is -1.16. The van der Waals surface area contributed by atoms with Crippen molar-refractivity contribution in [2.45, 2.75) is 63.3 Å². The van der Waals surface area contributed by atoms with Crippen molar-refractivity contribution in [3.63, 3.8) is 0 Å². The van der Waals surface area contributed by atoms with Gasteiger partial charge in [0.05, 0.1) is 11.2 Å². The average molecular weight is 261 g/mol. The van der Waals surface area contributed by atoms with Gasteiger partial charge in [0.15, 0.2) is 0 Å². The standard InChI is InChI=1S/C15H23N3O/c16-15(8-4-5-9-15)10-19-14-12-6-2-1-3-7-13(12)17-11-18-14/h11H,1-10,16H2. The number of fused-ring (bicyclic) bond motifs is 1. The van der Waals surface area contributed by atoms with E-state index in [1.54, 1.807) is 6.33 Å². The predicted octanol–water partition coefficient (Wildman–Crippen LogP) is 2.40. The van der Waals surface area contributed by atoms with Crippen LogP contribution in [0.15, 0.2) is 6.33 Å². The van der Waals surface area contributed by atoms with Crippen LogP contribution in [0.2, 0.25) is 0 Å². The molecule has 0 unspecified atom stereocenters. The molecule has 0 radical (unpaired) electrons. The van der Waals surface area contributed by atoms with Crippen LogP contribution >= 0.6 is 0 Å². The van der Waals surface area contributed by atoms with E-state index in [2.05, 4.69) is 9.97 Å². The maximum Gasteiger partial charge on any atom is 0.219 e. The molecule has 2 N–H and O–H groups in total. The molecular weight excluding hydrogens is 238 g/mol. The third-order valence-electron chi connectivity index (χ3n) is 4.43. The molecule has 1 fully saturated rings. The molecular formula is C15H23N3O. The van der Waals surface area contributed by atoms with Crippen molar-refractivity contribution in [1.29, 1.82) is 0 Å². The van der Waals surface area contributed by atoms with Crippen molar-refractivity contribution in [2.24, 2.45) is 5.73 Å². The van der Waals surface area contributed by atoms with Crippen LogP contribution in [0.4, 0.5) is 0 Å². The van der Waals surface area contributed by atoms with Gasteiger partial charge in [-0.15, -0.1) is 0 Å². The van der Waals surface area contributed by atoms with Gasteiger partial charge in [-0.1, -0.05) is 19.3 Å². The zero-order chi connectivity index (χ0) is 13.1. The van der Waals surface area contributed by atoms with Gasteiger partial charge in [0.2, 0.25) is 5.88 Å². The number of hydrogen-bond acceptors (Lipinski definition) is 4. The summed E-state index contributed by atoms with van der Waals surface area (Å²) in [6.45, 7) is 0.594. The third-order valence-corrected chi connectivity index (χ3v) is 4.43. The molecule has 0 atom stereocenters. The summed E-state index contributed by atoms with van der Waals surface area (Å²) in [5.74, 6) is 0.781. The highest BCUT2D eigenvalue weighted by molar-refractivity contribution is 5.31. The lowest BCUT2D eigenvalue weighted by molar-refractivity contribution is 0.211. The summed E-state index contributed by atoms with van der Waals surface area (Å²) < 4.78 is 5.97. The second-order valence-corrected chi connectivity index (χ2v) is 6.02. The SMILES string of the molecule is NC1(COc2ncnc3c2CCCCC3)CCCC1. The second kappa shape index (κ2) is 5.45. The molecule has 0 spiro atoms. The first-order valence-corrected chi connectivity index (χ1v) is 7.51. The predicted molar refractivity (Wildman–Crippen MR) is 74.2 cm³/mol. The first kappa shape index (κ1) is 12.9. The minimum atomic E-state index is -0.136. The Bertz CT molecular complexity index is 441. The number of hydrogen-bond donors (Lipinski definition) is 1. The van der Waals surface area contributed by atoms with Crippen LogP contribution in [-0.4, -0.2) is 22.1 Å². The molecule has 1 aromatic heterocycles. The van der Waals surface area contributed by atoms with Gasteiger partial charge in [-0.05, 0) is 38.5 Å². The normalized spacial score (nSPS) is 21.7. The summed E-state index contributed by atoms with van der Waals surface area (Å²) in [5, 5.41) is 0. The zero-order valence-electron chi connectivity index (χ0n) is 11.5. The minimum absolute atomic E-state index is 0.136. The zero-order valence-corrected chi connectivity index (χ0v) is 11.5. The van der Waals surface area contributed by atoms with E-state index in [-0.39, 0.29) is 5.54 Å². The van der Waals surface area contributed by atoms with Crippen molar-refractivity contribution in [3.8, 4) is 5.88 Å². The van der Waals surface area contributed by atoms with Gasteiger partial charge in [0.25, 0.3) is 0 Å². The summed E-state index contributed by atoms with van der Waals surface area (Å²) in [7, 11) is 0. The molecule has 4 nitrogen and oxygen atoms in total. The van der Waals surface area contributed by atoms with Crippen molar-refractivity contribution in [3.05, 3.63) is 17.6 Å². The lowest BCUT2D eigenvalue weighted by Gasteiger charge is -2.24. The van der Waals surface area contributed by atoms with Crippen molar-refractivity contribution in [2.75, 3.05) is 6.61 Å². The number of aromatic nitrogens is 2. The van der Waals surface area contributed by atoms with Crippen LogP contribution in [0.5, 0.6) is 5.88 Å². The number of aryl methyl sites for hydroxylation is 1. The maximum atomic E-state index is 6.35. The molecule has 0 saturated heterocycles. The van der Waals surface area contributed by atoms with E-state index in [9.17, 15) is 0 Å². The van der Waals surface area contributed by atoms with Gasteiger partial charge in [0, 0.05) is 5.56 Å². The third kappa shape index (κ3) is 2.89. The highest BCUT2D eigenvalue weighted by atomic mass is 16.5. The van der Waals surface area contributed by atoms with Crippen LogP contribution in [0, 0.1) is 0 Å². The highest BCUT2D eigenvalue weighted by Gasteiger charge is 2.30. The molecule has 4 heteroatoms.